The fourth-order valence-corrected chi connectivity index (χ4v) is 4.82. The van der Waals surface area contributed by atoms with Gasteiger partial charge in [0.2, 0.25) is 5.13 Å². The first-order chi connectivity index (χ1) is 15.1. The van der Waals surface area contributed by atoms with Gasteiger partial charge in [0.15, 0.2) is 5.01 Å². The van der Waals surface area contributed by atoms with Crippen LogP contribution in [0.4, 0.5) is 20.0 Å². The Bertz CT molecular complexity index is 1220. The van der Waals surface area contributed by atoms with Crippen LogP contribution < -0.4 is 10.6 Å². The van der Waals surface area contributed by atoms with E-state index in [9.17, 15) is 9.18 Å². The van der Waals surface area contributed by atoms with Gasteiger partial charge in [-0.3, -0.25) is 5.32 Å². The number of urea groups is 1. The molecule has 4 rings (SSSR count). The normalized spacial score (nSPS) is 10.6. The Balaban J connectivity index is 1.45. The lowest BCUT2D eigenvalue weighted by Gasteiger charge is -2.07. The van der Waals surface area contributed by atoms with Crippen molar-refractivity contribution in [3.05, 3.63) is 89.2 Å². The van der Waals surface area contributed by atoms with Crippen molar-refractivity contribution < 1.29 is 9.18 Å². The molecule has 5 nitrogen and oxygen atoms in total. The number of aromatic nitrogens is 2. The van der Waals surface area contributed by atoms with E-state index in [0.29, 0.717) is 32.2 Å². The maximum Gasteiger partial charge on any atom is 0.325 e. The summed E-state index contributed by atoms with van der Waals surface area (Å²) in [6.07, 6.45) is 0. The summed E-state index contributed by atoms with van der Waals surface area (Å²) in [6.45, 7) is 0. The summed E-state index contributed by atoms with van der Waals surface area (Å²) in [6, 6.07) is 20.9. The molecule has 2 amide bonds. The predicted octanol–water partition coefficient (Wildman–Crippen LogP) is 6.93. The molecule has 0 saturated heterocycles. The van der Waals surface area contributed by atoms with Gasteiger partial charge in [0.05, 0.1) is 0 Å². The van der Waals surface area contributed by atoms with Crippen LogP contribution in [0, 0.1) is 5.82 Å². The van der Waals surface area contributed by atoms with Crippen molar-refractivity contribution >= 4 is 51.5 Å². The van der Waals surface area contributed by atoms with Crippen LogP contribution in [0.2, 0.25) is 5.02 Å². The average Bonchev–Trinajstić information content (AvgIpc) is 3.21. The molecule has 0 bridgehead atoms. The second-order valence-electron chi connectivity index (χ2n) is 6.38. The zero-order valence-corrected chi connectivity index (χ0v) is 18.4. The summed E-state index contributed by atoms with van der Waals surface area (Å²) in [4.78, 5) is 13.2. The number of hydrogen-bond donors (Lipinski definition) is 2. The lowest BCUT2D eigenvalue weighted by atomic mass is 10.2. The first kappa shape index (κ1) is 21.3. The van der Waals surface area contributed by atoms with Crippen molar-refractivity contribution in [2.45, 2.75) is 10.6 Å². The van der Waals surface area contributed by atoms with E-state index in [1.807, 2.05) is 30.3 Å². The number of nitrogens with zero attached hydrogens (tertiary/aromatic N) is 2. The Morgan fingerprint density at radius 3 is 2.65 bits per heavy atom. The van der Waals surface area contributed by atoms with Crippen LogP contribution in [-0.4, -0.2) is 16.2 Å². The van der Waals surface area contributed by atoms with E-state index < -0.39 is 6.03 Å². The summed E-state index contributed by atoms with van der Waals surface area (Å²) in [5, 5.41) is 15.2. The molecule has 0 spiro atoms. The molecule has 1 aromatic heterocycles. The van der Waals surface area contributed by atoms with Gasteiger partial charge in [0.25, 0.3) is 0 Å². The van der Waals surface area contributed by atoms with Crippen LogP contribution in [-0.2, 0) is 5.75 Å². The van der Waals surface area contributed by atoms with Gasteiger partial charge in [0, 0.05) is 26.9 Å². The Hall–Kier alpha value is -2.94. The van der Waals surface area contributed by atoms with Crippen molar-refractivity contribution in [2.75, 3.05) is 10.6 Å². The molecule has 4 aromatic rings. The number of carbonyl (C=O) groups excluding carboxylic acids is 1. The number of benzene rings is 3. The first-order valence-corrected chi connectivity index (χ1v) is 11.4. The van der Waals surface area contributed by atoms with Crippen LogP contribution >= 0.6 is 34.7 Å². The van der Waals surface area contributed by atoms with Gasteiger partial charge in [-0.25, -0.2) is 9.18 Å². The molecule has 0 saturated carbocycles. The van der Waals surface area contributed by atoms with Crippen LogP contribution in [0.25, 0.3) is 10.6 Å². The number of amides is 2. The van der Waals surface area contributed by atoms with E-state index in [0.717, 1.165) is 10.5 Å². The molecule has 3 aromatic carbocycles. The number of carbonyl (C=O) groups is 1. The zero-order chi connectivity index (χ0) is 21.6. The van der Waals surface area contributed by atoms with Gasteiger partial charge in [-0.15, -0.1) is 22.0 Å². The molecule has 0 unspecified atom stereocenters. The highest BCUT2D eigenvalue weighted by Crippen LogP contribution is 2.36. The summed E-state index contributed by atoms with van der Waals surface area (Å²) >= 11 is 8.71. The molecule has 156 valence electrons. The molecule has 0 atom stereocenters. The fraction of sp³-hybridized carbons (Fsp3) is 0.0455. The summed E-state index contributed by atoms with van der Waals surface area (Å²) < 4.78 is 13.9. The van der Waals surface area contributed by atoms with Gasteiger partial charge < -0.3 is 5.32 Å². The van der Waals surface area contributed by atoms with Gasteiger partial charge in [0.1, 0.15) is 5.82 Å². The lowest BCUT2D eigenvalue weighted by Crippen LogP contribution is -2.19. The van der Waals surface area contributed by atoms with E-state index in [1.54, 1.807) is 36.4 Å². The predicted molar refractivity (Wildman–Crippen MR) is 125 cm³/mol. The summed E-state index contributed by atoms with van der Waals surface area (Å²) in [5.74, 6) is 0.274. The summed E-state index contributed by atoms with van der Waals surface area (Å²) in [7, 11) is 0. The molecule has 0 fully saturated rings. The van der Waals surface area contributed by atoms with Crippen LogP contribution in [0.15, 0.2) is 77.7 Å². The lowest BCUT2D eigenvalue weighted by molar-refractivity contribution is 0.262. The van der Waals surface area contributed by atoms with Gasteiger partial charge in [-0.2, -0.15) is 0 Å². The van der Waals surface area contributed by atoms with Crippen molar-refractivity contribution in [1.82, 2.24) is 10.2 Å². The van der Waals surface area contributed by atoms with Crippen LogP contribution in [0.5, 0.6) is 0 Å². The van der Waals surface area contributed by atoms with E-state index in [2.05, 4.69) is 20.8 Å². The number of rotatable bonds is 6. The molecule has 0 aliphatic heterocycles. The maximum absolute atomic E-state index is 13.9. The minimum Gasteiger partial charge on any atom is -0.308 e. The third kappa shape index (κ3) is 5.61. The first-order valence-electron chi connectivity index (χ1n) is 9.21. The topological polar surface area (TPSA) is 66.9 Å². The van der Waals surface area contributed by atoms with E-state index >= 15 is 0 Å². The third-order valence-electron chi connectivity index (χ3n) is 4.19. The Morgan fingerprint density at radius 1 is 1.00 bits per heavy atom. The Kier molecular flexibility index (Phi) is 6.81. The SMILES string of the molecule is O=C(Nc1cccc(Cl)c1)Nc1nnc(-c2ccccc2SCc2ccccc2F)s1. The average molecular weight is 471 g/mol. The molecule has 0 aliphatic carbocycles. The van der Waals surface area contributed by atoms with Gasteiger partial charge in [-0.1, -0.05) is 65.4 Å². The number of thioether (sulfide) groups is 1. The molecule has 31 heavy (non-hydrogen) atoms. The standard InChI is InChI=1S/C22H16ClFN4OS2/c23-15-7-5-8-16(12-15)25-21(29)26-22-28-27-20(31-22)17-9-2-4-11-19(17)30-13-14-6-1-3-10-18(14)24/h1-12H,13H2,(H2,25,26,28,29). The number of hydrogen-bond acceptors (Lipinski definition) is 5. The minimum atomic E-state index is -0.438. The highest BCUT2D eigenvalue weighted by molar-refractivity contribution is 7.98. The number of nitrogens with one attached hydrogen (secondary N) is 2. The largest absolute Gasteiger partial charge is 0.325 e. The smallest absolute Gasteiger partial charge is 0.308 e. The Morgan fingerprint density at radius 2 is 1.81 bits per heavy atom. The summed E-state index contributed by atoms with van der Waals surface area (Å²) in [5.41, 5.74) is 2.09. The number of anilines is 2. The van der Waals surface area contributed by atoms with E-state index in [1.165, 1.54) is 29.2 Å². The highest BCUT2D eigenvalue weighted by atomic mass is 35.5. The van der Waals surface area contributed by atoms with Gasteiger partial charge in [-0.05, 0) is 35.9 Å². The molecule has 2 N–H and O–H groups in total. The van der Waals surface area contributed by atoms with Crippen LogP contribution in [0.1, 0.15) is 5.56 Å². The molecular formula is C22H16ClFN4OS2. The van der Waals surface area contributed by atoms with E-state index in [4.69, 9.17) is 11.6 Å². The van der Waals surface area contributed by atoms with Gasteiger partial charge >= 0.3 is 6.03 Å². The number of halogens is 2. The molecular weight excluding hydrogens is 455 g/mol. The maximum atomic E-state index is 13.9. The van der Waals surface area contributed by atoms with Crippen molar-refractivity contribution in [3.63, 3.8) is 0 Å². The third-order valence-corrected chi connectivity index (χ3v) is 6.42. The molecule has 1 heterocycles. The van der Waals surface area contributed by atoms with Crippen molar-refractivity contribution in [3.8, 4) is 10.6 Å². The quantitative estimate of drug-likeness (QED) is 0.300. The highest BCUT2D eigenvalue weighted by Gasteiger charge is 2.14. The van der Waals surface area contributed by atoms with E-state index in [-0.39, 0.29) is 5.82 Å². The molecule has 0 aliphatic rings. The molecule has 9 heteroatoms. The molecule has 0 radical (unpaired) electrons. The Labute approximate surface area is 191 Å². The minimum absolute atomic E-state index is 0.222. The monoisotopic (exact) mass is 470 g/mol. The second kappa shape index (κ2) is 9.91. The zero-order valence-electron chi connectivity index (χ0n) is 16.0. The second-order valence-corrected chi connectivity index (χ2v) is 8.81. The van der Waals surface area contributed by atoms with Crippen molar-refractivity contribution in [2.24, 2.45) is 0 Å². The van der Waals surface area contributed by atoms with Crippen molar-refractivity contribution in [1.29, 1.82) is 0 Å². The fourth-order valence-electron chi connectivity index (χ4n) is 2.75. The van der Waals surface area contributed by atoms with Crippen LogP contribution in [0.3, 0.4) is 0 Å².